The van der Waals surface area contributed by atoms with E-state index in [1.54, 1.807) is 12.1 Å². The number of benzene rings is 1. The second-order valence-corrected chi connectivity index (χ2v) is 5.72. The zero-order valence-corrected chi connectivity index (χ0v) is 11.9. The van der Waals surface area contributed by atoms with E-state index in [4.69, 9.17) is 5.26 Å². The third-order valence-corrected chi connectivity index (χ3v) is 4.49. The van der Waals surface area contributed by atoms with Gasteiger partial charge in [0.15, 0.2) is 0 Å². The number of anilines is 1. The van der Waals surface area contributed by atoms with Crippen LogP contribution in [0.15, 0.2) is 18.2 Å². The molecule has 20 heavy (non-hydrogen) atoms. The Morgan fingerprint density at radius 3 is 2.60 bits per heavy atom. The van der Waals surface area contributed by atoms with Gasteiger partial charge in [-0.05, 0) is 30.4 Å². The van der Waals surface area contributed by atoms with Crippen molar-refractivity contribution in [2.45, 2.75) is 33.1 Å². The Hall–Kier alpha value is -2.09. The number of nitrogens with zero attached hydrogens (tertiary/aromatic N) is 3. The fourth-order valence-corrected chi connectivity index (χ4v) is 2.63. The van der Waals surface area contributed by atoms with Crippen molar-refractivity contribution in [3.8, 4) is 6.07 Å². The van der Waals surface area contributed by atoms with Gasteiger partial charge >= 0.3 is 0 Å². The van der Waals surface area contributed by atoms with Crippen LogP contribution in [0.1, 0.15) is 38.7 Å². The maximum atomic E-state index is 10.8. The summed E-state index contributed by atoms with van der Waals surface area (Å²) in [7, 11) is 0. The van der Waals surface area contributed by atoms with Crippen molar-refractivity contribution in [1.29, 1.82) is 5.26 Å². The summed E-state index contributed by atoms with van der Waals surface area (Å²) < 4.78 is 0. The van der Waals surface area contributed by atoms with Gasteiger partial charge in [-0.1, -0.05) is 20.3 Å². The number of nitriles is 1. The maximum Gasteiger partial charge on any atom is 0.287 e. The highest BCUT2D eigenvalue weighted by molar-refractivity contribution is 5.60. The van der Waals surface area contributed by atoms with Crippen molar-refractivity contribution in [3.05, 3.63) is 33.9 Å². The molecule has 1 aliphatic heterocycles. The number of rotatable bonds is 3. The van der Waals surface area contributed by atoms with E-state index >= 15 is 0 Å². The normalized spacial score (nSPS) is 17.6. The van der Waals surface area contributed by atoms with E-state index in [0.29, 0.717) is 5.41 Å². The molecule has 1 fully saturated rings. The SMILES string of the molecule is CCC1(C)CCN(c2ccc([N+](=O)[O-])c(C#N)c2)CC1. The number of nitro benzene ring substituents is 1. The van der Waals surface area contributed by atoms with E-state index in [2.05, 4.69) is 18.7 Å². The molecule has 0 unspecified atom stereocenters. The minimum absolute atomic E-state index is 0.119. The largest absolute Gasteiger partial charge is 0.371 e. The molecule has 1 heterocycles. The van der Waals surface area contributed by atoms with Gasteiger partial charge in [0.25, 0.3) is 5.69 Å². The summed E-state index contributed by atoms with van der Waals surface area (Å²) in [5.41, 5.74) is 1.32. The molecule has 0 N–H and O–H groups in total. The molecule has 1 saturated heterocycles. The van der Waals surface area contributed by atoms with Gasteiger partial charge in [-0.2, -0.15) is 5.26 Å². The summed E-state index contributed by atoms with van der Waals surface area (Å²) in [6, 6.07) is 6.72. The minimum atomic E-state index is -0.507. The molecule has 0 radical (unpaired) electrons. The molecule has 0 aliphatic carbocycles. The van der Waals surface area contributed by atoms with Crippen molar-refractivity contribution in [1.82, 2.24) is 0 Å². The summed E-state index contributed by atoms with van der Waals surface area (Å²) in [5, 5.41) is 19.9. The minimum Gasteiger partial charge on any atom is -0.371 e. The van der Waals surface area contributed by atoms with Gasteiger partial charge in [-0.25, -0.2) is 0 Å². The first-order valence-electron chi connectivity index (χ1n) is 6.92. The lowest BCUT2D eigenvalue weighted by molar-refractivity contribution is -0.385. The summed E-state index contributed by atoms with van der Waals surface area (Å²) in [4.78, 5) is 12.5. The average molecular weight is 273 g/mol. The fraction of sp³-hybridized carbons (Fsp3) is 0.533. The van der Waals surface area contributed by atoms with Crippen LogP contribution in [-0.2, 0) is 0 Å². The molecule has 1 aromatic carbocycles. The molecule has 1 aliphatic rings. The van der Waals surface area contributed by atoms with Crippen LogP contribution >= 0.6 is 0 Å². The van der Waals surface area contributed by atoms with Crippen molar-refractivity contribution in [3.63, 3.8) is 0 Å². The Bertz CT molecular complexity index is 555. The highest BCUT2D eigenvalue weighted by Crippen LogP contribution is 2.36. The van der Waals surface area contributed by atoms with Gasteiger partial charge in [0.1, 0.15) is 11.6 Å². The molecule has 0 spiro atoms. The Labute approximate surface area is 119 Å². The van der Waals surface area contributed by atoms with E-state index in [1.807, 2.05) is 6.07 Å². The van der Waals surface area contributed by atoms with Gasteiger partial charge in [0, 0.05) is 24.8 Å². The zero-order chi connectivity index (χ0) is 14.8. The summed E-state index contributed by atoms with van der Waals surface area (Å²) >= 11 is 0. The van der Waals surface area contributed by atoms with E-state index < -0.39 is 4.92 Å². The highest BCUT2D eigenvalue weighted by Gasteiger charge is 2.28. The molecule has 0 aromatic heterocycles. The predicted octanol–water partition coefficient (Wildman–Crippen LogP) is 3.48. The maximum absolute atomic E-state index is 10.8. The van der Waals surface area contributed by atoms with Crippen molar-refractivity contribution in [2.24, 2.45) is 5.41 Å². The molecule has 0 saturated carbocycles. The van der Waals surface area contributed by atoms with Gasteiger partial charge < -0.3 is 4.90 Å². The molecule has 0 bridgehead atoms. The van der Waals surface area contributed by atoms with Gasteiger partial charge in [0.2, 0.25) is 0 Å². The Balaban J connectivity index is 2.19. The molecule has 5 nitrogen and oxygen atoms in total. The predicted molar refractivity (Wildman–Crippen MR) is 77.7 cm³/mol. The van der Waals surface area contributed by atoms with Crippen molar-refractivity contribution in [2.75, 3.05) is 18.0 Å². The first-order valence-corrected chi connectivity index (χ1v) is 6.92. The zero-order valence-electron chi connectivity index (χ0n) is 11.9. The number of hydrogen-bond donors (Lipinski definition) is 0. The topological polar surface area (TPSA) is 70.2 Å². The van der Waals surface area contributed by atoms with Crippen LogP contribution in [0.3, 0.4) is 0 Å². The molecule has 2 rings (SSSR count). The van der Waals surface area contributed by atoms with Crippen LogP contribution in [-0.4, -0.2) is 18.0 Å². The molecule has 106 valence electrons. The molecule has 5 heteroatoms. The van der Waals surface area contributed by atoms with Crippen LogP contribution in [0, 0.1) is 26.9 Å². The summed E-state index contributed by atoms with van der Waals surface area (Å²) in [6.07, 6.45) is 3.40. The monoisotopic (exact) mass is 273 g/mol. The van der Waals surface area contributed by atoms with Crippen molar-refractivity contribution < 1.29 is 4.92 Å². The molecule has 1 aromatic rings. The van der Waals surface area contributed by atoms with Crippen LogP contribution in [0.2, 0.25) is 0 Å². The first-order chi connectivity index (χ1) is 9.49. The first kappa shape index (κ1) is 14.3. The van der Waals surface area contributed by atoms with E-state index in [0.717, 1.165) is 31.6 Å². The third-order valence-electron chi connectivity index (χ3n) is 4.49. The smallest absolute Gasteiger partial charge is 0.287 e. The van der Waals surface area contributed by atoms with E-state index in [1.165, 1.54) is 12.5 Å². The highest BCUT2D eigenvalue weighted by atomic mass is 16.6. The third kappa shape index (κ3) is 2.74. The fourth-order valence-electron chi connectivity index (χ4n) is 2.63. The van der Waals surface area contributed by atoms with Crippen LogP contribution < -0.4 is 4.90 Å². The number of piperidine rings is 1. The van der Waals surface area contributed by atoms with Crippen LogP contribution in [0.4, 0.5) is 11.4 Å². The van der Waals surface area contributed by atoms with Crippen LogP contribution in [0.25, 0.3) is 0 Å². The van der Waals surface area contributed by atoms with Crippen LogP contribution in [0.5, 0.6) is 0 Å². The molecular formula is C15H19N3O2. The second-order valence-electron chi connectivity index (χ2n) is 5.72. The standard InChI is InChI=1S/C15H19N3O2/c1-3-15(2)6-8-17(9-7-15)13-4-5-14(18(19)20)12(10-13)11-16/h4-5,10H,3,6-9H2,1-2H3. The lowest BCUT2D eigenvalue weighted by atomic mass is 9.78. The molecule has 0 amide bonds. The van der Waals surface area contributed by atoms with E-state index in [9.17, 15) is 10.1 Å². The van der Waals surface area contributed by atoms with Gasteiger partial charge in [-0.3, -0.25) is 10.1 Å². The second kappa shape index (κ2) is 5.49. The van der Waals surface area contributed by atoms with Gasteiger partial charge in [-0.15, -0.1) is 0 Å². The quantitative estimate of drug-likeness (QED) is 0.624. The lowest BCUT2D eigenvalue weighted by Crippen LogP contribution is -2.38. The van der Waals surface area contributed by atoms with Gasteiger partial charge in [0.05, 0.1) is 4.92 Å². The summed E-state index contributed by atoms with van der Waals surface area (Å²) in [6.45, 7) is 6.40. The number of hydrogen-bond acceptors (Lipinski definition) is 4. The lowest BCUT2D eigenvalue weighted by Gasteiger charge is -2.40. The average Bonchev–Trinajstić information content (AvgIpc) is 2.47. The Kier molecular flexibility index (Phi) is 3.93. The number of nitro groups is 1. The van der Waals surface area contributed by atoms with E-state index in [-0.39, 0.29) is 11.3 Å². The van der Waals surface area contributed by atoms with Crippen molar-refractivity contribution >= 4 is 11.4 Å². The molecular weight excluding hydrogens is 254 g/mol. The summed E-state index contributed by atoms with van der Waals surface area (Å²) in [5.74, 6) is 0. The Morgan fingerprint density at radius 1 is 1.45 bits per heavy atom. The Morgan fingerprint density at radius 2 is 2.10 bits per heavy atom. The molecule has 0 atom stereocenters.